The number of aromatic nitrogens is 1. The fourth-order valence-corrected chi connectivity index (χ4v) is 3.61. The van der Waals surface area contributed by atoms with Gasteiger partial charge in [-0.05, 0) is 68.8 Å². The number of halogens is 3. The summed E-state index contributed by atoms with van der Waals surface area (Å²) in [6.07, 6.45) is -5.08. The van der Waals surface area contributed by atoms with Crippen LogP contribution >= 0.6 is 0 Å². The number of alkyl halides is 3. The average Bonchev–Trinajstić information content (AvgIpc) is 3.02. The van der Waals surface area contributed by atoms with E-state index in [4.69, 9.17) is 4.74 Å². The van der Waals surface area contributed by atoms with E-state index >= 15 is 0 Å². The Hall–Kier alpha value is -4.02. The van der Waals surface area contributed by atoms with Crippen molar-refractivity contribution in [3.63, 3.8) is 0 Å². The minimum absolute atomic E-state index is 0.0957. The first kappa shape index (κ1) is 25.6. The van der Waals surface area contributed by atoms with Crippen LogP contribution in [0, 0.1) is 6.92 Å². The van der Waals surface area contributed by atoms with Gasteiger partial charge in [-0.2, -0.15) is 0 Å². The molecule has 0 saturated heterocycles. The zero-order valence-electron chi connectivity index (χ0n) is 19.3. The highest BCUT2D eigenvalue weighted by molar-refractivity contribution is 6.05. The number of hydrogen-bond donors (Lipinski definition) is 2. The molecule has 0 fully saturated rings. The Morgan fingerprint density at radius 2 is 1.63 bits per heavy atom. The Morgan fingerprint density at radius 1 is 1.03 bits per heavy atom. The van der Waals surface area contributed by atoms with Gasteiger partial charge in [0.25, 0.3) is 5.91 Å². The second-order valence-electron chi connectivity index (χ2n) is 8.31. The average molecular weight is 492 g/mol. The maximum atomic E-state index is 13.3. The van der Waals surface area contributed by atoms with Crippen molar-refractivity contribution < 1.29 is 42.1 Å². The number of amides is 1. The Kier molecular flexibility index (Phi) is 6.82. The zero-order chi connectivity index (χ0) is 26.1. The molecule has 0 bridgehead atoms. The summed E-state index contributed by atoms with van der Waals surface area (Å²) in [7, 11) is 1.46. The minimum Gasteiger partial charge on any atom is -0.497 e. The van der Waals surface area contributed by atoms with Gasteiger partial charge >= 0.3 is 12.3 Å². The third-order valence-corrected chi connectivity index (χ3v) is 5.40. The molecule has 1 heterocycles. The molecule has 2 N–H and O–H groups in total. The lowest BCUT2D eigenvalue weighted by atomic mass is 10.0. The molecule has 8 nitrogen and oxygen atoms in total. The molecule has 1 aromatic heterocycles. The van der Waals surface area contributed by atoms with Crippen LogP contribution in [0.5, 0.6) is 11.5 Å². The number of carboxylic acids is 1. The minimum atomic E-state index is -4.86. The maximum Gasteiger partial charge on any atom is 0.573 e. The molecule has 0 unspecified atom stereocenters. The summed E-state index contributed by atoms with van der Waals surface area (Å²) in [4.78, 5) is 37.4. The summed E-state index contributed by atoms with van der Waals surface area (Å²) in [5.41, 5.74) is -0.0698. The van der Waals surface area contributed by atoms with Crippen molar-refractivity contribution >= 4 is 28.7 Å². The third kappa shape index (κ3) is 5.56. The molecule has 2 aromatic carbocycles. The van der Waals surface area contributed by atoms with Crippen molar-refractivity contribution in [2.24, 2.45) is 0 Å². The standard InChI is InChI=1S/C24H23F3N2O6/c1-13-17(12-20(30)28-23(2,3)22(32)33)18-11-16(34-4)9-10-19(18)29(13)21(31)14-5-7-15(8-6-14)35-24(25,26)27/h5-11H,12H2,1-4H3,(H,28,30)(H,32,33). The van der Waals surface area contributed by atoms with Crippen LogP contribution in [0.4, 0.5) is 13.2 Å². The van der Waals surface area contributed by atoms with Gasteiger partial charge in [0, 0.05) is 16.6 Å². The number of nitrogens with one attached hydrogen (secondary N) is 1. The quantitative estimate of drug-likeness (QED) is 0.515. The summed E-state index contributed by atoms with van der Waals surface area (Å²) in [5.74, 6) is -2.30. The second kappa shape index (κ2) is 9.32. The molecule has 0 saturated carbocycles. The summed E-state index contributed by atoms with van der Waals surface area (Å²) in [5, 5.41) is 12.3. The number of hydrogen-bond acceptors (Lipinski definition) is 5. The molecule has 1 amide bonds. The number of carboxylic acid groups (broad SMARTS) is 1. The molecule has 0 aliphatic rings. The van der Waals surface area contributed by atoms with Gasteiger partial charge in [0.05, 0.1) is 19.0 Å². The largest absolute Gasteiger partial charge is 0.573 e. The van der Waals surface area contributed by atoms with Crippen LogP contribution in [0.1, 0.15) is 35.5 Å². The van der Waals surface area contributed by atoms with E-state index in [9.17, 15) is 32.7 Å². The third-order valence-electron chi connectivity index (χ3n) is 5.40. The molecule has 186 valence electrons. The zero-order valence-corrected chi connectivity index (χ0v) is 19.3. The topological polar surface area (TPSA) is 107 Å². The second-order valence-corrected chi connectivity index (χ2v) is 8.31. The van der Waals surface area contributed by atoms with E-state index in [1.54, 1.807) is 25.1 Å². The highest BCUT2D eigenvalue weighted by Crippen LogP contribution is 2.31. The fraction of sp³-hybridized carbons (Fsp3) is 0.292. The first-order valence-electron chi connectivity index (χ1n) is 10.4. The van der Waals surface area contributed by atoms with Gasteiger partial charge < -0.3 is 19.9 Å². The van der Waals surface area contributed by atoms with E-state index in [1.807, 2.05) is 0 Å². The maximum absolute atomic E-state index is 13.3. The first-order valence-corrected chi connectivity index (χ1v) is 10.4. The van der Waals surface area contributed by atoms with E-state index in [0.29, 0.717) is 27.9 Å². The van der Waals surface area contributed by atoms with E-state index in [2.05, 4.69) is 10.1 Å². The SMILES string of the molecule is COc1ccc2c(c1)c(CC(=O)NC(C)(C)C(=O)O)c(C)n2C(=O)c1ccc(OC(F)(F)F)cc1. The van der Waals surface area contributed by atoms with Gasteiger partial charge in [-0.15, -0.1) is 13.2 Å². The Balaban J connectivity index is 2.03. The van der Waals surface area contributed by atoms with Crippen LogP contribution in [0.2, 0.25) is 0 Å². The molecule has 3 rings (SSSR count). The normalized spacial score (nSPS) is 11.9. The Bertz CT molecular complexity index is 1290. The number of fused-ring (bicyclic) bond motifs is 1. The molecule has 3 aromatic rings. The van der Waals surface area contributed by atoms with Crippen molar-refractivity contribution in [2.45, 2.75) is 39.1 Å². The van der Waals surface area contributed by atoms with Crippen LogP contribution in [0.3, 0.4) is 0 Å². The highest BCUT2D eigenvalue weighted by atomic mass is 19.4. The predicted octanol–water partition coefficient (Wildman–Crippen LogP) is 4.07. The molecular formula is C24H23F3N2O6. The number of aliphatic carboxylic acids is 1. The molecule has 0 radical (unpaired) electrons. The number of benzene rings is 2. The molecule has 0 aliphatic heterocycles. The lowest BCUT2D eigenvalue weighted by Crippen LogP contribution is -2.50. The molecular weight excluding hydrogens is 469 g/mol. The number of methoxy groups -OCH3 is 1. The molecule has 0 spiro atoms. The van der Waals surface area contributed by atoms with Crippen molar-refractivity contribution in [1.29, 1.82) is 0 Å². The van der Waals surface area contributed by atoms with Gasteiger partial charge in [-0.25, -0.2) is 4.79 Å². The number of ether oxygens (including phenoxy) is 2. The first-order chi connectivity index (χ1) is 16.2. The van der Waals surface area contributed by atoms with E-state index in [-0.39, 0.29) is 12.0 Å². The smallest absolute Gasteiger partial charge is 0.497 e. The van der Waals surface area contributed by atoms with Gasteiger partial charge in [0.1, 0.15) is 17.0 Å². The van der Waals surface area contributed by atoms with Crippen molar-refractivity contribution in [1.82, 2.24) is 9.88 Å². The molecule has 35 heavy (non-hydrogen) atoms. The van der Waals surface area contributed by atoms with E-state index in [1.165, 1.54) is 37.7 Å². The summed E-state index contributed by atoms with van der Waals surface area (Å²) < 4.78 is 47.8. The molecule has 11 heteroatoms. The number of rotatable bonds is 7. The predicted molar refractivity (Wildman–Crippen MR) is 120 cm³/mol. The summed E-state index contributed by atoms with van der Waals surface area (Å²) in [6.45, 7) is 4.32. The van der Waals surface area contributed by atoms with E-state index in [0.717, 1.165) is 12.1 Å². The van der Waals surface area contributed by atoms with Crippen LogP contribution in [0.25, 0.3) is 10.9 Å². The lowest BCUT2D eigenvalue weighted by Gasteiger charge is -2.21. The summed E-state index contributed by atoms with van der Waals surface area (Å²) in [6, 6.07) is 9.39. The lowest BCUT2D eigenvalue weighted by molar-refractivity contribution is -0.274. The van der Waals surface area contributed by atoms with Crippen molar-refractivity contribution in [2.75, 3.05) is 7.11 Å². The van der Waals surface area contributed by atoms with Crippen molar-refractivity contribution in [3.05, 3.63) is 59.3 Å². The Morgan fingerprint density at radius 3 is 2.17 bits per heavy atom. The highest BCUT2D eigenvalue weighted by Gasteiger charge is 2.32. The fourth-order valence-electron chi connectivity index (χ4n) is 3.61. The van der Waals surface area contributed by atoms with Crippen LogP contribution < -0.4 is 14.8 Å². The molecule has 0 aliphatic carbocycles. The van der Waals surface area contributed by atoms with Crippen molar-refractivity contribution in [3.8, 4) is 11.5 Å². The Labute approximate surface area is 198 Å². The van der Waals surface area contributed by atoms with Crippen LogP contribution in [-0.4, -0.2) is 46.5 Å². The van der Waals surface area contributed by atoms with Gasteiger partial charge in [0.15, 0.2) is 0 Å². The summed E-state index contributed by atoms with van der Waals surface area (Å²) >= 11 is 0. The number of carbonyl (C=O) groups excluding carboxylic acids is 2. The van der Waals surface area contributed by atoms with Crippen LogP contribution in [0.15, 0.2) is 42.5 Å². The number of carbonyl (C=O) groups is 3. The van der Waals surface area contributed by atoms with E-state index < -0.39 is 35.4 Å². The number of nitrogens with zero attached hydrogens (tertiary/aromatic N) is 1. The van der Waals surface area contributed by atoms with Crippen LogP contribution in [-0.2, 0) is 16.0 Å². The van der Waals surface area contributed by atoms with Gasteiger partial charge in [0.2, 0.25) is 5.91 Å². The molecule has 0 atom stereocenters. The van der Waals surface area contributed by atoms with Gasteiger partial charge in [-0.3, -0.25) is 14.2 Å². The monoisotopic (exact) mass is 492 g/mol. The van der Waals surface area contributed by atoms with Gasteiger partial charge in [-0.1, -0.05) is 0 Å².